The first kappa shape index (κ1) is 9.96. The summed E-state index contributed by atoms with van der Waals surface area (Å²) in [4.78, 5) is 0. The average Bonchev–Trinajstić information content (AvgIpc) is 1.82. The summed E-state index contributed by atoms with van der Waals surface area (Å²) in [6, 6.07) is 0. The smallest absolute Gasteiger partial charge is 0.0644 e. The van der Waals surface area contributed by atoms with Crippen molar-refractivity contribution in [1.29, 1.82) is 0 Å². The Morgan fingerprint density at radius 1 is 1.42 bits per heavy atom. The molecule has 3 atom stereocenters. The zero-order valence-electron chi connectivity index (χ0n) is 8.17. The van der Waals surface area contributed by atoms with E-state index in [0.717, 1.165) is 12.8 Å². The molecule has 1 aliphatic heterocycles. The lowest BCUT2D eigenvalue weighted by Gasteiger charge is -2.39. The Hall–Kier alpha value is -0.120. The van der Waals surface area contributed by atoms with E-state index in [-0.39, 0.29) is 17.7 Å². The number of hydrogen-bond acceptors (Lipinski definition) is 3. The molecule has 1 aliphatic rings. The molecule has 72 valence electrons. The molecule has 0 saturated carbocycles. The zero-order chi connectivity index (χ0) is 9.19. The van der Waals surface area contributed by atoms with Gasteiger partial charge in [-0.05, 0) is 26.7 Å². The lowest BCUT2D eigenvalue weighted by molar-refractivity contribution is -0.0745. The van der Waals surface area contributed by atoms with Gasteiger partial charge >= 0.3 is 0 Å². The number of rotatable bonds is 2. The van der Waals surface area contributed by atoms with Crippen molar-refractivity contribution in [1.82, 2.24) is 0 Å². The minimum absolute atomic E-state index is 0.175. The van der Waals surface area contributed by atoms with E-state index in [2.05, 4.69) is 13.8 Å². The van der Waals surface area contributed by atoms with Gasteiger partial charge < -0.3 is 15.2 Å². The maximum Gasteiger partial charge on any atom is 0.0644 e. The van der Waals surface area contributed by atoms with E-state index < -0.39 is 0 Å². The van der Waals surface area contributed by atoms with E-state index in [1.165, 1.54) is 0 Å². The molecule has 2 N–H and O–H groups in total. The lowest BCUT2D eigenvalue weighted by Crippen LogP contribution is -2.53. The summed E-state index contributed by atoms with van der Waals surface area (Å²) < 4.78 is 10.7. The quantitative estimate of drug-likeness (QED) is 0.675. The Bertz CT molecular complexity index is 139. The summed E-state index contributed by atoms with van der Waals surface area (Å²) in [5, 5.41) is 0. The normalized spacial score (nSPS) is 43.0. The summed E-state index contributed by atoms with van der Waals surface area (Å²) in [5.41, 5.74) is 5.97. The zero-order valence-corrected chi connectivity index (χ0v) is 8.17. The Balaban J connectivity index is 2.52. The summed E-state index contributed by atoms with van der Waals surface area (Å²) in [6.45, 7) is 4.75. The second-order valence-corrected chi connectivity index (χ2v) is 3.96. The SMILES string of the molecule is COCC1(N)C[C@@H](C)O[C@@H](C)C1. The minimum Gasteiger partial charge on any atom is -0.383 e. The predicted octanol–water partition coefficient (Wildman–Crippen LogP) is 0.918. The molecule has 1 fully saturated rings. The van der Waals surface area contributed by atoms with Crippen LogP contribution in [0.4, 0.5) is 0 Å². The summed E-state index contributed by atoms with van der Waals surface area (Å²) in [6.07, 6.45) is 2.30. The van der Waals surface area contributed by atoms with Crippen molar-refractivity contribution < 1.29 is 9.47 Å². The first-order chi connectivity index (χ1) is 5.56. The molecule has 0 spiro atoms. The first-order valence-corrected chi connectivity index (χ1v) is 4.49. The van der Waals surface area contributed by atoms with E-state index in [0.29, 0.717) is 6.61 Å². The molecule has 0 aliphatic carbocycles. The molecule has 12 heavy (non-hydrogen) atoms. The summed E-state index contributed by atoms with van der Waals surface area (Å²) in [7, 11) is 1.69. The highest BCUT2D eigenvalue weighted by atomic mass is 16.5. The van der Waals surface area contributed by atoms with Gasteiger partial charge in [-0.3, -0.25) is 0 Å². The number of ether oxygens (including phenoxy) is 2. The Morgan fingerprint density at radius 3 is 2.33 bits per heavy atom. The van der Waals surface area contributed by atoms with Crippen LogP contribution in [0.1, 0.15) is 26.7 Å². The van der Waals surface area contributed by atoms with Crippen LogP contribution in [0, 0.1) is 0 Å². The average molecular weight is 173 g/mol. The standard InChI is InChI=1S/C9H19NO2/c1-7-4-9(10,6-11-3)5-8(2)12-7/h7-8H,4-6,10H2,1-3H3/t7-,8+,9?. The molecule has 0 radical (unpaired) electrons. The molecule has 3 heteroatoms. The fraction of sp³-hybridized carbons (Fsp3) is 1.00. The third kappa shape index (κ3) is 2.44. The molecule has 1 rings (SSSR count). The highest BCUT2D eigenvalue weighted by Crippen LogP contribution is 2.26. The fourth-order valence-electron chi connectivity index (χ4n) is 2.13. The molecule has 0 aromatic carbocycles. The Morgan fingerprint density at radius 2 is 1.92 bits per heavy atom. The van der Waals surface area contributed by atoms with Gasteiger partial charge in [0.25, 0.3) is 0 Å². The van der Waals surface area contributed by atoms with Gasteiger partial charge in [0.15, 0.2) is 0 Å². The van der Waals surface area contributed by atoms with E-state index in [4.69, 9.17) is 15.2 Å². The molecule has 3 nitrogen and oxygen atoms in total. The molecule has 1 heterocycles. The van der Waals surface area contributed by atoms with E-state index >= 15 is 0 Å². The van der Waals surface area contributed by atoms with Crippen LogP contribution in [0.2, 0.25) is 0 Å². The second kappa shape index (κ2) is 3.73. The van der Waals surface area contributed by atoms with Crippen LogP contribution in [-0.4, -0.2) is 31.5 Å². The Kier molecular flexibility index (Phi) is 3.09. The van der Waals surface area contributed by atoms with E-state index in [9.17, 15) is 0 Å². The van der Waals surface area contributed by atoms with Crippen molar-refractivity contribution in [2.45, 2.75) is 44.4 Å². The van der Waals surface area contributed by atoms with Crippen LogP contribution >= 0.6 is 0 Å². The van der Waals surface area contributed by atoms with Gasteiger partial charge in [-0.15, -0.1) is 0 Å². The molecule has 0 amide bonds. The monoisotopic (exact) mass is 173 g/mol. The third-order valence-corrected chi connectivity index (χ3v) is 2.28. The van der Waals surface area contributed by atoms with Gasteiger partial charge in [0, 0.05) is 12.6 Å². The van der Waals surface area contributed by atoms with Gasteiger partial charge in [-0.25, -0.2) is 0 Å². The molecule has 1 unspecified atom stereocenters. The molecule has 0 aromatic heterocycles. The molecular weight excluding hydrogens is 154 g/mol. The van der Waals surface area contributed by atoms with Crippen LogP contribution in [0.3, 0.4) is 0 Å². The highest BCUT2D eigenvalue weighted by molar-refractivity contribution is 4.91. The molecular formula is C9H19NO2. The topological polar surface area (TPSA) is 44.5 Å². The van der Waals surface area contributed by atoms with Crippen LogP contribution in [0.15, 0.2) is 0 Å². The van der Waals surface area contributed by atoms with Crippen LogP contribution in [-0.2, 0) is 9.47 Å². The third-order valence-electron chi connectivity index (χ3n) is 2.28. The van der Waals surface area contributed by atoms with Crippen LogP contribution in [0.5, 0.6) is 0 Å². The van der Waals surface area contributed by atoms with Gasteiger partial charge in [-0.2, -0.15) is 0 Å². The molecule has 0 aromatic rings. The largest absolute Gasteiger partial charge is 0.383 e. The van der Waals surface area contributed by atoms with Crippen LogP contribution in [0.25, 0.3) is 0 Å². The summed E-state index contributed by atoms with van der Waals surface area (Å²) in [5.74, 6) is 0. The van der Waals surface area contributed by atoms with Crippen molar-refractivity contribution >= 4 is 0 Å². The van der Waals surface area contributed by atoms with E-state index in [1.807, 2.05) is 0 Å². The first-order valence-electron chi connectivity index (χ1n) is 4.49. The van der Waals surface area contributed by atoms with Crippen molar-refractivity contribution in [3.05, 3.63) is 0 Å². The fourth-order valence-corrected chi connectivity index (χ4v) is 2.13. The second-order valence-electron chi connectivity index (χ2n) is 3.96. The van der Waals surface area contributed by atoms with Crippen LogP contribution < -0.4 is 5.73 Å². The molecule has 1 saturated heterocycles. The van der Waals surface area contributed by atoms with Crippen molar-refractivity contribution in [2.75, 3.05) is 13.7 Å². The van der Waals surface area contributed by atoms with Crippen molar-refractivity contribution in [3.8, 4) is 0 Å². The maximum absolute atomic E-state index is 6.15. The predicted molar refractivity (Wildman–Crippen MR) is 48.0 cm³/mol. The van der Waals surface area contributed by atoms with E-state index in [1.54, 1.807) is 7.11 Å². The van der Waals surface area contributed by atoms with Gasteiger partial charge in [0.05, 0.1) is 18.8 Å². The lowest BCUT2D eigenvalue weighted by atomic mass is 9.86. The van der Waals surface area contributed by atoms with Crippen molar-refractivity contribution in [2.24, 2.45) is 5.73 Å². The molecule has 0 bridgehead atoms. The number of methoxy groups -OCH3 is 1. The van der Waals surface area contributed by atoms with Crippen molar-refractivity contribution in [3.63, 3.8) is 0 Å². The highest BCUT2D eigenvalue weighted by Gasteiger charge is 2.34. The van der Waals surface area contributed by atoms with Gasteiger partial charge in [0.2, 0.25) is 0 Å². The maximum atomic E-state index is 6.15. The number of hydrogen-bond donors (Lipinski definition) is 1. The summed E-state index contributed by atoms with van der Waals surface area (Å²) >= 11 is 0. The Labute approximate surface area is 74.2 Å². The van der Waals surface area contributed by atoms with Gasteiger partial charge in [0.1, 0.15) is 0 Å². The van der Waals surface area contributed by atoms with Gasteiger partial charge in [-0.1, -0.05) is 0 Å². The minimum atomic E-state index is -0.175. The number of nitrogens with two attached hydrogens (primary N) is 1.